The number of hydrogen-bond acceptors (Lipinski definition) is 3. The maximum Gasteiger partial charge on any atom is 0.0462 e. The Bertz CT molecular complexity index is 98.9. The molecule has 0 aromatic carbocycles. The molecule has 80 valence electrons. The Morgan fingerprint density at radius 3 is 2.46 bits per heavy atom. The van der Waals surface area contributed by atoms with Gasteiger partial charge in [0.15, 0.2) is 0 Å². The van der Waals surface area contributed by atoms with E-state index in [2.05, 4.69) is 10.6 Å². The van der Waals surface area contributed by atoms with E-state index in [9.17, 15) is 0 Å². The molecule has 0 amide bonds. The molecule has 0 aromatic heterocycles. The number of hydrogen-bond donors (Lipinski definition) is 2. The van der Waals surface area contributed by atoms with Gasteiger partial charge in [0.1, 0.15) is 0 Å². The van der Waals surface area contributed by atoms with Gasteiger partial charge >= 0.3 is 0 Å². The van der Waals surface area contributed by atoms with E-state index in [0.29, 0.717) is 6.04 Å². The van der Waals surface area contributed by atoms with Gasteiger partial charge < -0.3 is 15.4 Å². The van der Waals surface area contributed by atoms with Crippen molar-refractivity contribution in [2.24, 2.45) is 0 Å². The summed E-state index contributed by atoms with van der Waals surface area (Å²) in [7, 11) is 5.78. The minimum atomic E-state index is 0.618. The highest BCUT2D eigenvalue weighted by atomic mass is 16.5. The lowest BCUT2D eigenvalue weighted by Crippen LogP contribution is -2.34. The third-order valence-electron chi connectivity index (χ3n) is 2.26. The van der Waals surface area contributed by atoms with Crippen LogP contribution in [0.1, 0.15) is 25.7 Å². The van der Waals surface area contributed by atoms with Crippen LogP contribution < -0.4 is 10.6 Å². The van der Waals surface area contributed by atoms with Crippen molar-refractivity contribution < 1.29 is 4.74 Å². The predicted molar refractivity (Wildman–Crippen MR) is 57.1 cm³/mol. The average molecular weight is 188 g/mol. The molecule has 0 heterocycles. The topological polar surface area (TPSA) is 33.3 Å². The van der Waals surface area contributed by atoms with Crippen LogP contribution in [-0.4, -0.2) is 40.4 Å². The van der Waals surface area contributed by atoms with Crippen LogP contribution in [0, 0.1) is 0 Å². The number of ether oxygens (including phenoxy) is 1. The van der Waals surface area contributed by atoms with Crippen LogP contribution in [0.4, 0.5) is 0 Å². The number of likely N-dealkylation sites (N-methyl/N-ethyl adjacent to an activating group) is 2. The molecule has 1 atom stereocenters. The average Bonchev–Trinajstić information content (AvgIpc) is 2.16. The van der Waals surface area contributed by atoms with Gasteiger partial charge in [-0.3, -0.25) is 0 Å². The van der Waals surface area contributed by atoms with Crippen LogP contribution in [-0.2, 0) is 4.74 Å². The van der Waals surface area contributed by atoms with E-state index in [1.807, 2.05) is 14.1 Å². The molecule has 0 aliphatic heterocycles. The predicted octanol–water partition coefficient (Wildman–Crippen LogP) is 1.00. The summed E-state index contributed by atoms with van der Waals surface area (Å²) >= 11 is 0. The van der Waals surface area contributed by atoms with Crippen molar-refractivity contribution in [2.45, 2.75) is 31.7 Å². The summed E-state index contributed by atoms with van der Waals surface area (Å²) < 4.78 is 4.99. The van der Waals surface area contributed by atoms with Gasteiger partial charge in [0, 0.05) is 26.3 Å². The Morgan fingerprint density at radius 2 is 1.92 bits per heavy atom. The molecule has 0 saturated carbocycles. The molecule has 3 nitrogen and oxygen atoms in total. The minimum Gasteiger partial charge on any atom is -0.385 e. The summed E-state index contributed by atoms with van der Waals surface area (Å²) in [6, 6.07) is 0.618. The van der Waals surface area contributed by atoms with Gasteiger partial charge in [0.25, 0.3) is 0 Å². The Balaban J connectivity index is 3.17. The second-order valence-corrected chi connectivity index (χ2v) is 3.39. The zero-order valence-electron chi connectivity index (χ0n) is 9.23. The van der Waals surface area contributed by atoms with Crippen molar-refractivity contribution in [2.75, 3.05) is 34.4 Å². The summed E-state index contributed by atoms with van der Waals surface area (Å²) in [5, 5.41) is 6.48. The minimum absolute atomic E-state index is 0.618. The van der Waals surface area contributed by atoms with E-state index in [-0.39, 0.29) is 0 Å². The molecular formula is C10H24N2O. The first kappa shape index (κ1) is 12.9. The largest absolute Gasteiger partial charge is 0.385 e. The number of rotatable bonds is 9. The van der Waals surface area contributed by atoms with Gasteiger partial charge in [0.05, 0.1) is 0 Å². The summed E-state index contributed by atoms with van der Waals surface area (Å²) in [6.45, 7) is 1.96. The summed E-state index contributed by atoms with van der Waals surface area (Å²) in [5.41, 5.74) is 0. The monoisotopic (exact) mass is 188 g/mol. The molecule has 0 bridgehead atoms. The van der Waals surface area contributed by atoms with Crippen molar-refractivity contribution in [1.82, 2.24) is 10.6 Å². The molecule has 0 rings (SSSR count). The van der Waals surface area contributed by atoms with Crippen LogP contribution in [0.2, 0.25) is 0 Å². The van der Waals surface area contributed by atoms with E-state index in [0.717, 1.165) is 13.2 Å². The van der Waals surface area contributed by atoms with Gasteiger partial charge in [-0.2, -0.15) is 0 Å². The Kier molecular flexibility index (Phi) is 9.87. The fraction of sp³-hybridized carbons (Fsp3) is 1.00. The summed E-state index contributed by atoms with van der Waals surface area (Å²) in [5.74, 6) is 0. The molecule has 1 unspecified atom stereocenters. The molecule has 0 fully saturated rings. The van der Waals surface area contributed by atoms with Crippen molar-refractivity contribution in [3.8, 4) is 0 Å². The third kappa shape index (κ3) is 8.22. The standard InChI is InChI=1S/C10H24N2O/c1-11-9-10(12-2)7-5-4-6-8-13-3/h10-12H,4-9H2,1-3H3. The first-order chi connectivity index (χ1) is 6.35. The fourth-order valence-corrected chi connectivity index (χ4v) is 1.41. The Morgan fingerprint density at radius 1 is 1.15 bits per heavy atom. The highest BCUT2D eigenvalue weighted by Crippen LogP contribution is 2.02. The van der Waals surface area contributed by atoms with Gasteiger partial charge in [-0.15, -0.1) is 0 Å². The molecule has 0 aliphatic rings. The Hall–Kier alpha value is -0.120. The SMILES string of the molecule is CNCC(CCCCCOC)NC. The van der Waals surface area contributed by atoms with Crippen molar-refractivity contribution >= 4 is 0 Å². The number of nitrogens with one attached hydrogen (secondary N) is 2. The van der Waals surface area contributed by atoms with Crippen LogP contribution in [0.25, 0.3) is 0 Å². The molecule has 0 saturated heterocycles. The smallest absolute Gasteiger partial charge is 0.0462 e. The van der Waals surface area contributed by atoms with E-state index in [1.54, 1.807) is 7.11 Å². The van der Waals surface area contributed by atoms with Crippen LogP contribution in [0.3, 0.4) is 0 Å². The molecule has 13 heavy (non-hydrogen) atoms. The summed E-state index contributed by atoms with van der Waals surface area (Å²) in [6.07, 6.45) is 5.00. The zero-order valence-corrected chi connectivity index (χ0v) is 9.23. The molecule has 3 heteroatoms. The van der Waals surface area contributed by atoms with E-state index in [1.165, 1.54) is 25.7 Å². The second-order valence-electron chi connectivity index (χ2n) is 3.39. The van der Waals surface area contributed by atoms with Crippen molar-refractivity contribution in [3.63, 3.8) is 0 Å². The molecule has 0 aromatic rings. The van der Waals surface area contributed by atoms with Gasteiger partial charge in [-0.1, -0.05) is 12.8 Å². The van der Waals surface area contributed by atoms with E-state index in [4.69, 9.17) is 4.74 Å². The normalized spacial score (nSPS) is 13.2. The molecule has 0 radical (unpaired) electrons. The molecule has 0 aliphatic carbocycles. The maximum absolute atomic E-state index is 4.99. The van der Waals surface area contributed by atoms with Crippen molar-refractivity contribution in [3.05, 3.63) is 0 Å². The lowest BCUT2D eigenvalue weighted by atomic mass is 10.1. The quantitative estimate of drug-likeness (QED) is 0.530. The highest BCUT2D eigenvalue weighted by Gasteiger charge is 2.02. The van der Waals surface area contributed by atoms with Crippen molar-refractivity contribution in [1.29, 1.82) is 0 Å². The van der Waals surface area contributed by atoms with Crippen LogP contribution in [0.5, 0.6) is 0 Å². The fourth-order valence-electron chi connectivity index (χ4n) is 1.41. The van der Waals surface area contributed by atoms with E-state index < -0.39 is 0 Å². The molecule has 0 spiro atoms. The van der Waals surface area contributed by atoms with Crippen LogP contribution in [0.15, 0.2) is 0 Å². The van der Waals surface area contributed by atoms with Crippen LogP contribution >= 0.6 is 0 Å². The van der Waals surface area contributed by atoms with E-state index >= 15 is 0 Å². The lowest BCUT2D eigenvalue weighted by Gasteiger charge is -2.14. The first-order valence-corrected chi connectivity index (χ1v) is 5.16. The Labute approximate surface area is 82.2 Å². The van der Waals surface area contributed by atoms with Gasteiger partial charge in [0.2, 0.25) is 0 Å². The number of unbranched alkanes of at least 4 members (excludes halogenated alkanes) is 2. The lowest BCUT2D eigenvalue weighted by molar-refractivity contribution is 0.191. The summed E-state index contributed by atoms with van der Waals surface area (Å²) in [4.78, 5) is 0. The van der Waals surface area contributed by atoms with Gasteiger partial charge in [-0.05, 0) is 26.9 Å². The third-order valence-corrected chi connectivity index (χ3v) is 2.26. The molecular weight excluding hydrogens is 164 g/mol. The van der Waals surface area contributed by atoms with Gasteiger partial charge in [-0.25, -0.2) is 0 Å². The highest BCUT2D eigenvalue weighted by molar-refractivity contribution is 4.65. The number of methoxy groups -OCH3 is 1. The maximum atomic E-state index is 4.99. The zero-order chi connectivity index (χ0) is 9.94. The molecule has 2 N–H and O–H groups in total. The first-order valence-electron chi connectivity index (χ1n) is 5.16. The second kappa shape index (κ2) is 9.96.